The number of terminal acetylenes is 1. The van der Waals surface area contributed by atoms with Crippen LogP contribution in [0.4, 0.5) is 23.8 Å². The molecule has 8 rings (SSSR count). The Morgan fingerprint density at radius 2 is 1.93 bits per heavy atom. The number of nitrogens with one attached hydrogen (secondary N) is 1. The number of hydrogen-bond donors (Lipinski definition) is 3. The van der Waals surface area contributed by atoms with Crippen molar-refractivity contribution in [2.45, 2.75) is 75.8 Å². The number of hydrogen-bond acceptors (Lipinski definition) is 11. The molecule has 4 saturated heterocycles. The van der Waals surface area contributed by atoms with Gasteiger partial charge in [0.05, 0.1) is 41.2 Å². The van der Waals surface area contributed by atoms with Crippen molar-refractivity contribution >= 4 is 39.5 Å². The summed E-state index contributed by atoms with van der Waals surface area (Å²) in [4.78, 5) is 45.2. The van der Waals surface area contributed by atoms with E-state index in [-0.39, 0.29) is 88.5 Å². The summed E-state index contributed by atoms with van der Waals surface area (Å²) in [6, 6.07) is 4.04. The molecule has 0 radical (unpaired) electrons. The molecule has 57 heavy (non-hydrogen) atoms. The van der Waals surface area contributed by atoms with Gasteiger partial charge < -0.3 is 30.5 Å². The first kappa shape index (κ1) is 38.5. The third-order valence-electron chi connectivity index (χ3n) is 12.0. The monoisotopic (exact) mass is 786 g/mol. The number of nitrogens with two attached hydrogens (primary N) is 1. The first-order chi connectivity index (χ1) is 27.4. The lowest BCUT2D eigenvalue weighted by Crippen LogP contribution is -2.56. The van der Waals surface area contributed by atoms with Gasteiger partial charge in [-0.1, -0.05) is 25.8 Å². The van der Waals surface area contributed by atoms with Crippen molar-refractivity contribution in [2.75, 3.05) is 50.8 Å². The normalized spacial score (nSPS) is 23.6. The van der Waals surface area contributed by atoms with Gasteiger partial charge in [0.1, 0.15) is 48.0 Å². The average Bonchev–Trinajstić information content (AvgIpc) is 3.81. The first-order valence-electron chi connectivity index (χ1n) is 19.4. The topological polar surface area (TPSA) is 159 Å². The second-order valence-electron chi connectivity index (χ2n) is 15.9. The molecule has 4 aromatic rings. The van der Waals surface area contributed by atoms with Gasteiger partial charge in [0, 0.05) is 43.2 Å². The molecule has 2 unspecified atom stereocenters. The maximum absolute atomic E-state index is 17.1. The lowest BCUT2D eigenvalue weighted by Gasteiger charge is -2.41. The molecule has 4 fully saturated rings. The summed E-state index contributed by atoms with van der Waals surface area (Å²) >= 11 is 0. The van der Waals surface area contributed by atoms with Crippen molar-refractivity contribution < 1.29 is 37.3 Å². The second kappa shape index (κ2) is 15.2. The molecule has 2 aromatic heterocycles. The van der Waals surface area contributed by atoms with Crippen LogP contribution in [0.15, 0.2) is 30.5 Å². The highest BCUT2D eigenvalue weighted by Crippen LogP contribution is 2.42. The zero-order valence-electron chi connectivity index (χ0n) is 31.8. The number of alkyl halides is 1. The Hall–Kier alpha value is -5.40. The summed E-state index contributed by atoms with van der Waals surface area (Å²) in [5.74, 6) is 0.597. The third-order valence-corrected chi connectivity index (χ3v) is 12.0. The molecule has 16 heteroatoms. The van der Waals surface area contributed by atoms with E-state index in [0.29, 0.717) is 50.1 Å². The number of ether oxygens (including phenoxy) is 2. The predicted molar refractivity (Wildman–Crippen MR) is 206 cm³/mol. The van der Waals surface area contributed by atoms with Gasteiger partial charge in [-0.25, -0.2) is 18.0 Å². The summed E-state index contributed by atoms with van der Waals surface area (Å²) in [6.45, 7) is 5.66. The highest BCUT2D eigenvalue weighted by atomic mass is 19.1. The molecule has 0 saturated carbocycles. The average molecular weight is 787 g/mol. The fraction of sp³-hybridized carbons (Fsp3) is 0.488. The van der Waals surface area contributed by atoms with E-state index in [2.05, 4.69) is 26.1 Å². The number of aromatic hydroxyl groups is 1. The van der Waals surface area contributed by atoms with E-state index in [4.69, 9.17) is 26.6 Å². The minimum atomic E-state index is -0.983. The summed E-state index contributed by atoms with van der Waals surface area (Å²) in [5.41, 5.74) is 5.01. The fourth-order valence-electron chi connectivity index (χ4n) is 9.10. The van der Waals surface area contributed by atoms with Crippen molar-refractivity contribution in [1.29, 1.82) is 0 Å². The second-order valence-corrected chi connectivity index (χ2v) is 15.9. The molecule has 2 amide bonds. The van der Waals surface area contributed by atoms with E-state index in [1.807, 2.05) is 18.7 Å². The summed E-state index contributed by atoms with van der Waals surface area (Å²) in [7, 11) is 0. The van der Waals surface area contributed by atoms with Crippen LogP contribution in [0.25, 0.3) is 32.9 Å². The van der Waals surface area contributed by atoms with Gasteiger partial charge in [0.15, 0.2) is 5.82 Å². The number of rotatable bonds is 10. The van der Waals surface area contributed by atoms with Gasteiger partial charge in [-0.3, -0.25) is 19.6 Å². The van der Waals surface area contributed by atoms with Gasteiger partial charge in [-0.15, -0.1) is 6.42 Å². The fourth-order valence-corrected chi connectivity index (χ4v) is 9.10. The van der Waals surface area contributed by atoms with Crippen LogP contribution < -0.4 is 20.7 Å². The molecule has 13 nitrogen and oxygen atoms in total. The molecule has 6 heterocycles. The molecule has 300 valence electrons. The Bertz CT molecular complexity index is 2280. The van der Waals surface area contributed by atoms with Gasteiger partial charge in [0.25, 0.3) is 0 Å². The molecule has 2 aromatic carbocycles. The van der Waals surface area contributed by atoms with Crippen LogP contribution in [0.2, 0.25) is 0 Å². The Labute approximate surface area is 327 Å². The van der Waals surface area contributed by atoms with Crippen LogP contribution in [0.5, 0.6) is 11.8 Å². The number of fused-ring (bicyclic) bond motifs is 5. The molecule has 5 atom stereocenters. The highest BCUT2D eigenvalue weighted by Gasteiger charge is 2.50. The minimum Gasteiger partial charge on any atom is -0.508 e. The zero-order chi connectivity index (χ0) is 40.2. The number of phenols is 1. The molecule has 0 aliphatic carbocycles. The zero-order valence-corrected chi connectivity index (χ0v) is 31.8. The predicted octanol–water partition coefficient (Wildman–Crippen LogP) is 4.65. The van der Waals surface area contributed by atoms with Crippen LogP contribution in [0.3, 0.4) is 0 Å². The van der Waals surface area contributed by atoms with Crippen molar-refractivity contribution in [1.82, 2.24) is 30.1 Å². The number of halogens is 3. The third kappa shape index (κ3) is 7.01. The number of pyridine rings is 1. The summed E-state index contributed by atoms with van der Waals surface area (Å²) < 4.78 is 58.5. The van der Waals surface area contributed by atoms with E-state index in [0.717, 1.165) is 19.4 Å². The Balaban J connectivity index is 1.12. The molecule has 0 spiro atoms. The maximum atomic E-state index is 17.1. The van der Waals surface area contributed by atoms with Gasteiger partial charge in [-0.05, 0) is 61.7 Å². The van der Waals surface area contributed by atoms with Crippen molar-refractivity contribution in [3.8, 4) is 35.4 Å². The molecule has 4 aliphatic heterocycles. The van der Waals surface area contributed by atoms with E-state index >= 15 is 4.39 Å². The standard InChI is InChI=1S/C41H45F3N8O5/c1-4-28-31(43)9-6-23-14-27(53)15-29(32(23)28)35-33(44)36-30(17-47-35)37(49-39(48-36)57-21-41-10-5-12-51(41)18-24(42)16-41)50-19-25-7-8-26(20-50)52(25)40(55)56-13-11-46-38(54)34(45)22(2)3/h1,6,9,14-15,17,22,24-26,34,53H,5,7-8,10-13,16,18-21,45H2,2-3H3,(H,46,54)/t24-,25?,26?,34+,41+/m1/s1. The number of piperazine rings is 1. The van der Waals surface area contributed by atoms with Crippen molar-refractivity contribution in [3.05, 3.63) is 47.7 Å². The summed E-state index contributed by atoms with van der Waals surface area (Å²) in [6.07, 6.45) is 9.01. The molecular weight excluding hydrogens is 741 g/mol. The number of carbonyl (C=O) groups is 2. The van der Waals surface area contributed by atoms with Crippen LogP contribution in [0.1, 0.15) is 51.5 Å². The highest BCUT2D eigenvalue weighted by molar-refractivity contribution is 6.03. The number of aromatic nitrogens is 3. The van der Waals surface area contributed by atoms with Crippen LogP contribution in [-0.4, -0.2) is 118 Å². The lowest BCUT2D eigenvalue weighted by molar-refractivity contribution is -0.123. The van der Waals surface area contributed by atoms with Gasteiger partial charge in [-0.2, -0.15) is 9.97 Å². The number of nitrogens with zero attached hydrogens (tertiary/aromatic N) is 6. The van der Waals surface area contributed by atoms with Crippen molar-refractivity contribution in [2.24, 2.45) is 11.7 Å². The van der Waals surface area contributed by atoms with Gasteiger partial charge in [0.2, 0.25) is 5.91 Å². The van der Waals surface area contributed by atoms with E-state index < -0.39 is 35.5 Å². The Kier molecular flexibility index (Phi) is 10.2. The SMILES string of the molecule is C#Cc1c(F)ccc2cc(O)cc(-c3ncc4c(N5CC6CCC(C5)N6C(=O)OCCNC(=O)[C@@H](N)C(C)C)nc(OC[C@@]56CCCN5C[C@H](F)C6)nc4c3F)c12. The summed E-state index contributed by atoms with van der Waals surface area (Å²) in [5, 5.41) is 14.2. The van der Waals surface area contributed by atoms with E-state index in [9.17, 15) is 23.5 Å². The van der Waals surface area contributed by atoms with Crippen LogP contribution in [0, 0.1) is 29.9 Å². The number of phenolic OH excluding ortho intramolecular Hbond substituents is 1. The number of amides is 2. The Morgan fingerprint density at radius 3 is 2.67 bits per heavy atom. The molecular formula is C41H45F3N8O5. The Morgan fingerprint density at radius 1 is 1.16 bits per heavy atom. The number of carbonyl (C=O) groups excluding carboxylic acids is 2. The van der Waals surface area contributed by atoms with Crippen molar-refractivity contribution in [3.63, 3.8) is 0 Å². The minimum absolute atomic E-state index is 0.0222. The lowest BCUT2D eigenvalue weighted by atomic mass is 9.95. The quantitative estimate of drug-likeness (QED) is 0.152. The van der Waals surface area contributed by atoms with Gasteiger partial charge >= 0.3 is 12.1 Å². The maximum Gasteiger partial charge on any atom is 0.410 e. The number of anilines is 1. The van der Waals surface area contributed by atoms with Crippen LogP contribution in [-0.2, 0) is 9.53 Å². The molecule has 4 aliphatic rings. The largest absolute Gasteiger partial charge is 0.508 e. The first-order valence-corrected chi connectivity index (χ1v) is 19.4. The smallest absolute Gasteiger partial charge is 0.410 e. The van der Waals surface area contributed by atoms with E-state index in [1.54, 1.807) is 4.90 Å². The molecule has 4 N–H and O–H groups in total. The molecule has 2 bridgehead atoms. The number of benzene rings is 2. The van der Waals surface area contributed by atoms with E-state index in [1.165, 1.54) is 30.5 Å². The van der Waals surface area contributed by atoms with Crippen LogP contribution >= 0.6 is 0 Å².